The van der Waals surface area contributed by atoms with E-state index in [1.165, 1.54) is 0 Å². The van der Waals surface area contributed by atoms with Gasteiger partial charge in [-0.25, -0.2) is 0 Å². The normalized spacial score (nSPS) is 14.7. The van der Waals surface area contributed by atoms with Gasteiger partial charge in [0.2, 0.25) is 0 Å². The summed E-state index contributed by atoms with van der Waals surface area (Å²) in [7, 11) is 0. The smallest absolute Gasteiger partial charge is 0.309 e. The highest BCUT2D eigenvalue weighted by Crippen LogP contribution is 2.64. The lowest BCUT2D eigenvalue weighted by Crippen LogP contribution is -2.58. The van der Waals surface area contributed by atoms with E-state index in [2.05, 4.69) is 41.5 Å². The minimum Gasteiger partial charge on any atom is -0.481 e. The molecule has 0 amide bonds. The molecule has 2 N–H and O–H groups in total. The number of hydrogen-bond acceptors (Lipinski definition) is 2. The minimum atomic E-state index is -0.906. The zero-order valence-corrected chi connectivity index (χ0v) is 16.6. The number of carboxylic acid groups (broad SMARTS) is 2. The fourth-order valence-corrected chi connectivity index (χ4v) is 3.41. The summed E-state index contributed by atoms with van der Waals surface area (Å²) in [6.45, 7) is 20.2. The van der Waals surface area contributed by atoms with Gasteiger partial charge in [-0.05, 0) is 41.9 Å². The lowest BCUT2D eigenvalue weighted by atomic mass is 9.42. The fourth-order valence-electron chi connectivity index (χ4n) is 3.41. The summed E-state index contributed by atoms with van der Waals surface area (Å²) < 4.78 is 0. The van der Waals surface area contributed by atoms with Crippen LogP contribution in [0, 0.1) is 27.1 Å². The Morgan fingerprint density at radius 2 is 1.09 bits per heavy atom. The monoisotopic (exact) mass is 328 g/mol. The molecule has 0 bridgehead atoms. The average Bonchev–Trinajstić information content (AvgIpc) is 2.35. The number of rotatable bonds is 8. The predicted octanol–water partition coefficient (Wildman–Crippen LogP) is 5.07. The molecule has 0 rings (SSSR count). The van der Waals surface area contributed by atoms with Crippen LogP contribution in [0.15, 0.2) is 0 Å². The molecule has 0 aliphatic rings. The van der Waals surface area contributed by atoms with Crippen molar-refractivity contribution in [2.45, 2.75) is 82.1 Å². The van der Waals surface area contributed by atoms with E-state index < -0.39 is 22.8 Å². The van der Waals surface area contributed by atoms with Crippen molar-refractivity contribution in [3.63, 3.8) is 0 Å². The SMILES string of the molecule is CC(C)(CCC(=O)O)C(C)(C)C(C)(C)C(C)(C)C(C)(C)C(=O)O. The highest BCUT2D eigenvalue weighted by Gasteiger charge is 2.60. The quantitative estimate of drug-likeness (QED) is 0.652. The molecule has 0 aromatic carbocycles. The average molecular weight is 328 g/mol. The van der Waals surface area contributed by atoms with Gasteiger partial charge < -0.3 is 10.2 Å². The Morgan fingerprint density at radius 3 is 1.39 bits per heavy atom. The van der Waals surface area contributed by atoms with Crippen LogP contribution in [0.1, 0.15) is 82.1 Å². The molecule has 0 aliphatic heterocycles. The largest absolute Gasteiger partial charge is 0.481 e. The van der Waals surface area contributed by atoms with E-state index in [0.717, 1.165) is 0 Å². The Bertz CT molecular complexity index is 468. The first-order valence-electron chi connectivity index (χ1n) is 8.31. The van der Waals surface area contributed by atoms with Crippen LogP contribution >= 0.6 is 0 Å². The first-order valence-corrected chi connectivity index (χ1v) is 8.31. The van der Waals surface area contributed by atoms with E-state index in [9.17, 15) is 14.7 Å². The first kappa shape index (κ1) is 21.9. The standard InChI is InChI=1S/C19H36O4/c1-15(2,12-11-13(20)21)17(5,6)19(9,10)18(7,8)16(3,4)14(22)23/h11-12H2,1-10H3,(H,20,21)(H,22,23). The Kier molecular flexibility index (Phi) is 5.82. The Hall–Kier alpha value is -1.06. The molecule has 4 heteroatoms. The minimum absolute atomic E-state index is 0.120. The maximum Gasteiger partial charge on any atom is 0.309 e. The van der Waals surface area contributed by atoms with Crippen LogP contribution in [0.4, 0.5) is 0 Å². The van der Waals surface area contributed by atoms with Gasteiger partial charge in [-0.1, -0.05) is 55.4 Å². The number of carbonyl (C=O) groups is 2. The van der Waals surface area contributed by atoms with Crippen LogP contribution in [-0.4, -0.2) is 22.2 Å². The predicted molar refractivity (Wildman–Crippen MR) is 93.4 cm³/mol. The third-order valence-corrected chi connectivity index (χ3v) is 7.88. The molecular weight excluding hydrogens is 292 g/mol. The van der Waals surface area contributed by atoms with Crippen molar-refractivity contribution >= 4 is 11.9 Å². The first-order chi connectivity index (χ1) is 9.86. The molecule has 0 radical (unpaired) electrons. The summed E-state index contributed by atoms with van der Waals surface area (Å²) in [6.07, 6.45) is 0.678. The zero-order valence-electron chi connectivity index (χ0n) is 16.6. The van der Waals surface area contributed by atoms with Crippen LogP contribution < -0.4 is 0 Å². The molecular formula is C19H36O4. The van der Waals surface area contributed by atoms with Gasteiger partial charge in [-0.15, -0.1) is 0 Å². The van der Waals surface area contributed by atoms with Crippen molar-refractivity contribution in [3.8, 4) is 0 Å². The summed E-state index contributed by atoms with van der Waals surface area (Å²) in [5, 5.41) is 18.7. The number of hydrogen-bond donors (Lipinski definition) is 2. The Labute approximate surface area is 141 Å². The lowest BCUT2D eigenvalue weighted by molar-refractivity contribution is -0.178. The van der Waals surface area contributed by atoms with Gasteiger partial charge in [0.15, 0.2) is 0 Å². The topological polar surface area (TPSA) is 74.6 Å². The van der Waals surface area contributed by atoms with Gasteiger partial charge in [0.1, 0.15) is 0 Å². The van der Waals surface area contributed by atoms with Crippen LogP contribution in [0.2, 0.25) is 0 Å². The molecule has 0 saturated heterocycles. The van der Waals surface area contributed by atoms with E-state index in [0.29, 0.717) is 6.42 Å². The van der Waals surface area contributed by atoms with Gasteiger partial charge in [0.25, 0.3) is 0 Å². The van der Waals surface area contributed by atoms with Crippen molar-refractivity contribution in [2.75, 3.05) is 0 Å². The lowest BCUT2D eigenvalue weighted by Gasteiger charge is -2.62. The second kappa shape index (κ2) is 6.10. The van der Waals surface area contributed by atoms with E-state index in [1.54, 1.807) is 13.8 Å². The van der Waals surface area contributed by atoms with Crippen molar-refractivity contribution in [1.82, 2.24) is 0 Å². The van der Waals surface area contributed by atoms with Crippen molar-refractivity contribution in [1.29, 1.82) is 0 Å². The van der Waals surface area contributed by atoms with E-state index in [1.807, 2.05) is 13.8 Å². The number of aliphatic carboxylic acids is 2. The maximum atomic E-state index is 11.8. The van der Waals surface area contributed by atoms with E-state index in [-0.39, 0.29) is 22.7 Å². The highest BCUT2D eigenvalue weighted by atomic mass is 16.4. The third kappa shape index (κ3) is 3.41. The summed E-state index contributed by atoms with van der Waals surface area (Å²) in [6, 6.07) is 0. The van der Waals surface area contributed by atoms with Gasteiger partial charge in [-0.2, -0.15) is 0 Å². The summed E-state index contributed by atoms with van der Waals surface area (Å²) in [5.41, 5.74) is -2.28. The fraction of sp³-hybridized carbons (Fsp3) is 0.895. The van der Waals surface area contributed by atoms with Crippen LogP contribution in [0.5, 0.6) is 0 Å². The molecule has 0 fully saturated rings. The van der Waals surface area contributed by atoms with Crippen molar-refractivity contribution < 1.29 is 19.8 Å². The van der Waals surface area contributed by atoms with Crippen molar-refractivity contribution in [2.24, 2.45) is 27.1 Å². The Morgan fingerprint density at radius 1 is 0.696 bits per heavy atom. The summed E-state index contributed by atoms with van der Waals surface area (Å²) in [5.74, 6) is -1.61. The molecule has 0 aromatic rings. The molecule has 23 heavy (non-hydrogen) atoms. The maximum absolute atomic E-state index is 11.8. The second-order valence-electron chi connectivity index (χ2n) is 9.58. The molecule has 0 saturated carbocycles. The third-order valence-electron chi connectivity index (χ3n) is 7.88. The van der Waals surface area contributed by atoms with Gasteiger partial charge in [-0.3, -0.25) is 9.59 Å². The van der Waals surface area contributed by atoms with E-state index in [4.69, 9.17) is 5.11 Å². The highest BCUT2D eigenvalue weighted by molar-refractivity contribution is 5.75. The summed E-state index contributed by atoms with van der Waals surface area (Å²) >= 11 is 0. The number of carboxylic acids is 2. The van der Waals surface area contributed by atoms with Crippen LogP contribution in [0.25, 0.3) is 0 Å². The van der Waals surface area contributed by atoms with Gasteiger partial charge >= 0.3 is 11.9 Å². The molecule has 0 atom stereocenters. The van der Waals surface area contributed by atoms with Crippen molar-refractivity contribution in [3.05, 3.63) is 0 Å². The molecule has 0 aliphatic carbocycles. The molecule has 136 valence electrons. The van der Waals surface area contributed by atoms with Crippen LogP contribution in [0.3, 0.4) is 0 Å². The molecule has 0 unspecified atom stereocenters. The molecule has 0 heterocycles. The molecule has 0 aromatic heterocycles. The summed E-state index contributed by atoms with van der Waals surface area (Å²) in [4.78, 5) is 22.8. The van der Waals surface area contributed by atoms with E-state index >= 15 is 0 Å². The second-order valence-corrected chi connectivity index (χ2v) is 9.58. The zero-order chi connectivity index (χ0) is 19.1. The molecule has 4 nitrogen and oxygen atoms in total. The molecule has 0 spiro atoms. The van der Waals surface area contributed by atoms with Gasteiger partial charge in [0.05, 0.1) is 5.41 Å². The Balaban J connectivity index is 5.96. The van der Waals surface area contributed by atoms with Crippen LogP contribution in [-0.2, 0) is 9.59 Å². The van der Waals surface area contributed by atoms with Gasteiger partial charge in [0, 0.05) is 6.42 Å².